The number of benzene rings is 1. The van der Waals surface area contributed by atoms with Crippen LogP contribution in [0.15, 0.2) is 24.3 Å². The Morgan fingerprint density at radius 2 is 1.86 bits per heavy atom. The molecule has 0 radical (unpaired) electrons. The van der Waals surface area contributed by atoms with Gasteiger partial charge in [0.2, 0.25) is 11.8 Å². The number of ether oxygens (including phenoxy) is 1. The summed E-state index contributed by atoms with van der Waals surface area (Å²) >= 11 is 5.94. The summed E-state index contributed by atoms with van der Waals surface area (Å²) in [7, 11) is 0. The fraction of sp³-hybridized carbons (Fsp3) is 0.524. The van der Waals surface area contributed by atoms with Crippen molar-refractivity contribution >= 4 is 35.3 Å². The van der Waals surface area contributed by atoms with Crippen LogP contribution in [0, 0.1) is 11.8 Å². The number of carbonyl (C=O) groups excluding carboxylic acids is 4. The summed E-state index contributed by atoms with van der Waals surface area (Å²) in [5, 5.41) is 3.30. The molecule has 1 N–H and O–H groups in total. The van der Waals surface area contributed by atoms with Gasteiger partial charge in [-0.1, -0.05) is 36.6 Å². The molecule has 1 saturated carbocycles. The minimum Gasteiger partial charge on any atom is -0.456 e. The van der Waals surface area contributed by atoms with Crippen LogP contribution in [0.5, 0.6) is 0 Å². The zero-order valence-electron chi connectivity index (χ0n) is 16.4. The molecule has 156 valence electrons. The summed E-state index contributed by atoms with van der Waals surface area (Å²) in [5.74, 6) is -1.88. The lowest BCUT2D eigenvalue weighted by molar-refractivity contribution is -0.150. The molecule has 1 aromatic rings. The van der Waals surface area contributed by atoms with E-state index in [2.05, 4.69) is 5.32 Å². The van der Waals surface area contributed by atoms with Gasteiger partial charge in [-0.15, -0.1) is 0 Å². The SMILES string of the molecule is C[C@H](NC(=O)COC(=O)CCN1C(=O)[C@H]2CCCC[C@@H]2C1=O)c1cccc(Cl)c1. The lowest BCUT2D eigenvalue weighted by atomic mass is 9.81. The molecule has 0 spiro atoms. The Balaban J connectivity index is 1.41. The van der Waals surface area contributed by atoms with Crippen LogP contribution in [-0.2, 0) is 23.9 Å². The molecule has 1 aromatic carbocycles. The van der Waals surface area contributed by atoms with Gasteiger partial charge in [0, 0.05) is 11.6 Å². The molecule has 29 heavy (non-hydrogen) atoms. The number of carbonyl (C=O) groups is 4. The average molecular weight is 421 g/mol. The highest BCUT2D eigenvalue weighted by molar-refractivity contribution is 6.30. The second kappa shape index (κ2) is 9.39. The molecule has 1 heterocycles. The third-order valence-electron chi connectivity index (χ3n) is 5.56. The molecule has 3 amide bonds. The Morgan fingerprint density at radius 1 is 1.21 bits per heavy atom. The number of imide groups is 1. The number of nitrogens with zero attached hydrogens (tertiary/aromatic N) is 1. The molecule has 2 fully saturated rings. The first-order valence-corrected chi connectivity index (χ1v) is 10.3. The van der Waals surface area contributed by atoms with E-state index in [4.69, 9.17) is 16.3 Å². The van der Waals surface area contributed by atoms with Gasteiger partial charge in [0.25, 0.3) is 5.91 Å². The van der Waals surface area contributed by atoms with Crippen LogP contribution < -0.4 is 5.32 Å². The molecule has 3 rings (SSSR count). The average Bonchev–Trinajstić information content (AvgIpc) is 2.95. The van der Waals surface area contributed by atoms with E-state index in [0.717, 1.165) is 31.2 Å². The Kier molecular flexibility index (Phi) is 6.90. The molecule has 0 aromatic heterocycles. The third-order valence-corrected chi connectivity index (χ3v) is 5.80. The normalized spacial score (nSPS) is 22.2. The Bertz CT molecular complexity index is 788. The standard InChI is InChI=1S/C21H25ClN2O5/c1-13(14-5-4-6-15(22)11-14)23-18(25)12-29-19(26)9-10-24-20(27)16-7-2-3-8-17(16)21(24)28/h4-6,11,13,16-17H,2-3,7-10,12H2,1H3,(H,23,25)/t13-,16-,17-/m0/s1. The number of halogens is 1. The highest BCUT2D eigenvalue weighted by Crippen LogP contribution is 2.37. The van der Waals surface area contributed by atoms with Crippen LogP contribution in [0.2, 0.25) is 5.02 Å². The Labute approximate surface area is 174 Å². The van der Waals surface area contributed by atoms with Gasteiger partial charge < -0.3 is 10.1 Å². The van der Waals surface area contributed by atoms with Crippen molar-refractivity contribution in [2.75, 3.05) is 13.2 Å². The van der Waals surface area contributed by atoms with Crippen molar-refractivity contribution in [2.24, 2.45) is 11.8 Å². The van der Waals surface area contributed by atoms with Gasteiger partial charge >= 0.3 is 5.97 Å². The van der Waals surface area contributed by atoms with Crippen LogP contribution in [-0.4, -0.2) is 41.7 Å². The van der Waals surface area contributed by atoms with E-state index in [1.165, 1.54) is 4.90 Å². The fourth-order valence-electron chi connectivity index (χ4n) is 4.02. The number of esters is 1. The topological polar surface area (TPSA) is 92.8 Å². The molecule has 3 atom stereocenters. The van der Waals surface area contributed by atoms with E-state index < -0.39 is 18.5 Å². The van der Waals surface area contributed by atoms with Crippen molar-refractivity contribution in [2.45, 2.75) is 45.1 Å². The molecule has 7 nitrogen and oxygen atoms in total. The lowest BCUT2D eigenvalue weighted by Gasteiger charge is -2.19. The van der Waals surface area contributed by atoms with Crippen LogP contribution in [0.25, 0.3) is 0 Å². The monoisotopic (exact) mass is 420 g/mol. The summed E-state index contributed by atoms with van der Waals surface area (Å²) in [5.41, 5.74) is 0.838. The summed E-state index contributed by atoms with van der Waals surface area (Å²) in [6.45, 7) is 1.39. The molecule has 1 saturated heterocycles. The summed E-state index contributed by atoms with van der Waals surface area (Å²) in [6, 6.07) is 6.83. The molecule has 1 aliphatic carbocycles. The zero-order chi connectivity index (χ0) is 21.0. The maximum Gasteiger partial charge on any atom is 0.308 e. The van der Waals surface area contributed by atoms with E-state index in [1.54, 1.807) is 25.1 Å². The molecular weight excluding hydrogens is 396 g/mol. The zero-order valence-corrected chi connectivity index (χ0v) is 17.1. The van der Waals surface area contributed by atoms with E-state index in [1.807, 2.05) is 6.07 Å². The van der Waals surface area contributed by atoms with Gasteiger partial charge in [0.05, 0.1) is 24.3 Å². The van der Waals surface area contributed by atoms with Crippen molar-refractivity contribution in [1.82, 2.24) is 10.2 Å². The Morgan fingerprint density at radius 3 is 2.48 bits per heavy atom. The summed E-state index contributed by atoms with van der Waals surface area (Å²) in [6.07, 6.45) is 3.27. The number of nitrogens with one attached hydrogen (secondary N) is 1. The molecule has 0 unspecified atom stereocenters. The first-order valence-electron chi connectivity index (χ1n) is 9.92. The predicted octanol–water partition coefficient (Wildman–Crippen LogP) is 2.63. The minimum absolute atomic E-state index is 0.00400. The van der Waals surface area contributed by atoms with Crippen molar-refractivity contribution in [3.63, 3.8) is 0 Å². The maximum absolute atomic E-state index is 12.4. The van der Waals surface area contributed by atoms with Gasteiger partial charge in [-0.05, 0) is 37.5 Å². The highest BCUT2D eigenvalue weighted by Gasteiger charge is 2.47. The number of amides is 3. The highest BCUT2D eigenvalue weighted by atomic mass is 35.5. The van der Waals surface area contributed by atoms with Crippen molar-refractivity contribution < 1.29 is 23.9 Å². The van der Waals surface area contributed by atoms with Gasteiger partial charge in [0.1, 0.15) is 0 Å². The van der Waals surface area contributed by atoms with Crippen LogP contribution in [0.4, 0.5) is 0 Å². The second-order valence-corrected chi connectivity index (χ2v) is 8.02. The van der Waals surface area contributed by atoms with Crippen molar-refractivity contribution in [3.05, 3.63) is 34.9 Å². The van der Waals surface area contributed by atoms with E-state index >= 15 is 0 Å². The van der Waals surface area contributed by atoms with Crippen molar-refractivity contribution in [1.29, 1.82) is 0 Å². The second-order valence-electron chi connectivity index (χ2n) is 7.58. The van der Waals surface area contributed by atoms with Gasteiger partial charge in [0.15, 0.2) is 6.61 Å². The summed E-state index contributed by atoms with van der Waals surface area (Å²) in [4.78, 5) is 49.9. The summed E-state index contributed by atoms with van der Waals surface area (Å²) < 4.78 is 4.99. The molecule has 1 aliphatic heterocycles. The predicted molar refractivity (Wildman–Crippen MR) is 106 cm³/mol. The first-order chi connectivity index (χ1) is 13.9. The van der Waals surface area contributed by atoms with Crippen LogP contribution >= 0.6 is 11.6 Å². The van der Waals surface area contributed by atoms with Crippen LogP contribution in [0.1, 0.15) is 50.6 Å². The molecule has 2 aliphatic rings. The van der Waals surface area contributed by atoms with Gasteiger partial charge in [-0.3, -0.25) is 24.1 Å². The first kappa shape index (κ1) is 21.3. The van der Waals surface area contributed by atoms with E-state index in [9.17, 15) is 19.2 Å². The number of hydrogen-bond donors (Lipinski definition) is 1. The minimum atomic E-state index is -0.619. The molecular formula is C21H25ClN2O5. The van der Waals surface area contributed by atoms with E-state index in [-0.39, 0.29) is 42.7 Å². The van der Waals surface area contributed by atoms with Gasteiger partial charge in [-0.2, -0.15) is 0 Å². The van der Waals surface area contributed by atoms with E-state index in [0.29, 0.717) is 5.02 Å². The number of hydrogen-bond acceptors (Lipinski definition) is 5. The largest absolute Gasteiger partial charge is 0.456 e. The quantitative estimate of drug-likeness (QED) is 0.540. The lowest BCUT2D eigenvalue weighted by Crippen LogP contribution is -2.34. The molecule has 0 bridgehead atoms. The fourth-order valence-corrected chi connectivity index (χ4v) is 4.21. The number of fused-ring (bicyclic) bond motifs is 1. The maximum atomic E-state index is 12.4. The third kappa shape index (κ3) is 5.15. The number of likely N-dealkylation sites (tertiary alicyclic amines) is 1. The van der Waals surface area contributed by atoms with Crippen molar-refractivity contribution in [3.8, 4) is 0 Å². The van der Waals surface area contributed by atoms with Crippen LogP contribution in [0.3, 0.4) is 0 Å². The Hall–Kier alpha value is -2.41. The smallest absolute Gasteiger partial charge is 0.308 e. The molecule has 8 heteroatoms. The van der Waals surface area contributed by atoms with Gasteiger partial charge in [-0.25, -0.2) is 0 Å². The number of rotatable bonds is 7.